The summed E-state index contributed by atoms with van der Waals surface area (Å²) in [6.07, 6.45) is 0.793. The fraction of sp³-hybridized carbons (Fsp3) is 0.143. The van der Waals surface area contributed by atoms with E-state index in [9.17, 15) is 4.39 Å². The lowest BCUT2D eigenvalue weighted by Gasteiger charge is -2.10. The number of alkyl halides is 1. The molecule has 0 bridgehead atoms. The van der Waals surface area contributed by atoms with Crippen LogP contribution in [-0.2, 0) is 6.42 Å². The lowest BCUT2D eigenvalue weighted by atomic mass is 10.0. The van der Waals surface area contributed by atoms with E-state index < -0.39 is 0 Å². The first kappa shape index (κ1) is 11.3. The van der Waals surface area contributed by atoms with Crippen LogP contribution in [0.15, 0.2) is 54.6 Å². The predicted molar refractivity (Wildman–Crippen MR) is 68.2 cm³/mol. The number of rotatable bonds is 3. The molecule has 2 rings (SSSR count). The van der Waals surface area contributed by atoms with Gasteiger partial charge in [0.2, 0.25) is 0 Å². The van der Waals surface area contributed by atoms with E-state index >= 15 is 0 Å². The Morgan fingerprint density at radius 3 is 2.44 bits per heavy atom. The first-order valence-corrected chi connectivity index (χ1v) is 6.11. The average molecular weight is 279 g/mol. The van der Waals surface area contributed by atoms with Crippen molar-refractivity contribution in [3.05, 3.63) is 71.5 Å². The zero-order valence-corrected chi connectivity index (χ0v) is 10.3. The summed E-state index contributed by atoms with van der Waals surface area (Å²) in [6.45, 7) is 0. The minimum atomic E-state index is -0.176. The van der Waals surface area contributed by atoms with Gasteiger partial charge in [0.25, 0.3) is 0 Å². The summed E-state index contributed by atoms with van der Waals surface area (Å²) < 4.78 is 13.0. The third-order valence-corrected chi connectivity index (χ3v) is 3.32. The highest BCUT2D eigenvalue weighted by atomic mass is 79.9. The maximum atomic E-state index is 13.0. The van der Waals surface area contributed by atoms with Crippen molar-refractivity contribution in [3.8, 4) is 0 Å². The average Bonchev–Trinajstić information content (AvgIpc) is 2.30. The second-order valence-corrected chi connectivity index (χ2v) is 4.82. The summed E-state index contributed by atoms with van der Waals surface area (Å²) in [6, 6.07) is 16.9. The summed E-state index contributed by atoms with van der Waals surface area (Å²) in [5, 5.41) is 0. The molecule has 0 spiro atoms. The van der Waals surface area contributed by atoms with E-state index in [0.717, 1.165) is 12.0 Å². The Morgan fingerprint density at radius 1 is 1.00 bits per heavy atom. The number of hydrogen-bond acceptors (Lipinski definition) is 0. The molecule has 0 aromatic heterocycles. The van der Waals surface area contributed by atoms with Crippen LogP contribution in [0.3, 0.4) is 0 Å². The number of hydrogen-bond donors (Lipinski definition) is 0. The van der Waals surface area contributed by atoms with Crippen LogP contribution in [0.25, 0.3) is 0 Å². The van der Waals surface area contributed by atoms with Gasteiger partial charge < -0.3 is 0 Å². The lowest BCUT2D eigenvalue weighted by molar-refractivity contribution is 0.625. The van der Waals surface area contributed by atoms with E-state index in [-0.39, 0.29) is 10.6 Å². The molecule has 0 nitrogen and oxygen atoms in total. The van der Waals surface area contributed by atoms with Gasteiger partial charge in [0.15, 0.2) is 0 Å². The lowest BCUT2D eigenvalue weighted by Crippen LogP contribution is -1.95. The Morgan fingerprint density at radius 2 is 1.75 bits per heavy atom. The molecule has 82 valence electrons. The van der Waals surface area contributed by atoms with E-state index in [4.69, 9.17) is 0 Å². The third kappa shape index (κ3) is 2.92. The molecule has 0 aliphatic heterocycles. The van der Waals surface area contributed by atoms with E-state index in [1.54, 1.807) is 12.1 Å². The number of benzene rings is 2. The molecular formula is C14H12BrF. The fourth-order valence-electron chi connectivity index (χ4n) is 1.65. The van der Waals surface area contributed by atoms with Gasteiger partial charge in [0.1, 0.15) is 5.82 Å². The second kappa shape index (κ2) is 5.26. The van der Waals surface area contributed by atoms with E-state index in [2.05, 4.69) is 28.1 Å². The fourth-order valence-corrected chi connectivity index (χ4v) is 2.33. The van der Waals surface area contributed by atoms with Crippen LogP contribution in [0, 0.1) is 5.82 Å². The second-order valence-electron chi connectivity index (χ2n) is 3.71. The van der Waals surface area contributed by atoms with Crippen molar-refractivity contribution in [3.63, 3.8) is 0 Å². The molecule has 0 aliphatic carbocycles. The number of halogens is 2. The molecule has 0 saturated carbocycles. The Labute approximate surface area is 103 Å². The van der Waals surface area contributed by atoms with E-state index in [1.807, 2.05) is 24.3 Å². The molecule has 1 atom stereocenters. The van der Waals surface area contributed by atoms with Gasteiger partial charge in [-0.3, -0.25) is 0 Å². The topological polar surface area (TPSA) is 0 Å². The van der Waals surface area contributed by atoms with Crippen LogP contribution in [0.1, 0.15) is 16.0 Å². The molecule has 2 aromatic rings. The van der Waals surface area contributed by atoms with Crippen molar-refractivity contribution >= 4 is 15.9 Å². The van der Waals surface area contributed by atoms with E-state index in [0.29, 0.717) is 0 Å². The third-order valence-electron chi connectivity index (χ3n) is 2.47. The molecule has 0 fully saturated rings. The summed E-state index contributed by atoms with van der Waals surface area (Å²) in [5.74, 6) is -0.176. The SMILES string of the molecule is Fc1cccc(CC(Br)c2ccccc2)c1. The highest BCUT2D eigenvalue weighted by Gasteiger charge is 2.07. The van der Waals surface area contributed by atoms with Gasteiger partial charge >= 0.3 is 0 Å². The maximum Gasteiger partial charge on any atom is 0.123 e. The Balaban J connectivity index is 2.11. The highest BCUT2D eigenvalue weighted by Crippen LogP contribution is 2.26. The Hall–Kier alpha value is -1.15. The standard InChI is InChI=1S/C14H12BrF/c15-14(12-6-2-1-3-7-12)10-11-5-4-8-13(16)9-11/h1-9,14H,10H2. The molecule has 2 heteroatoms. The van der Waals surface area contributed by atoms with Gasteiger partial charge in [0, 0.05) is 4.83 Å². The minimum absolute atomic E-state index is 0.176. The van der Waals surface area contributed by atoms with Crippen LogP contribution in [0.4, 0.5) is 4.39 Å². The van der Waals surface area contributed by atoms with Crippen LogP contribution < -0.4 is 0 Å². The van der Waals surface area contributed by atoms with Crippen molar-refractivity contribution in [1.29, 1.82) is 0 Å². The van der Waals surface area contributed by atoms with Crippen molar-refractivity contribution in [2.24, 2.45) is 0 Å². The summed E-state index contributed by atoms with van der Waals surface area (Å²) in [4.78, 5) is 0.232. The van der Waals surface area contributed by atoms with Gasteiger partial charge in [-0.05, 0) is 29.7 Å². The largest absolute Gasteiger partial charge is 0.207 e. The van der Waals surface area contributed by atoms with Gasteiger partial charge in [-0.1, -0.05) is 58.4 Å². The normalized spacial score (nSPS) is 12.4. The molecule has 0 aliphatic rings. The maximum absolute atomic E-state index is 13.0. The van der Waals surface area contributed by atoms with Crippen molar-refractivity contribution in [1.82, 2.24) is 0 Å². The molecule has 16 heavy (non-hydrogen) atoms. The van der Waals surface area contributed by atoms with Crippen LogP contribution >= 0.6 is 15.9 Å². The zero-order chi connectivity index (χ0) is 11.4. The van der Waals surface area contributed by atoms with Gasteiger partial charge in [-0.2, -0.15) is 0 Å². The first-order valence-electron chi connectivity index (χ1n) is 5.19. The molecule has 0 saturated heterocycles. The van der Waals surface area contributed by atoms with Crippen LogP contribution in [-0.4, -0.2) is 0 Å². The monoisotopic (exact) mass is 278 g/mol. The highest BCUT2D eigenvalue weighted by molar-refractivity contribution is 9.09. The molecule has 0 N–H and O–H groups in total. The van der Waals surface area contributed by atoms with Crippen LogP contribution in [0.5, 0.6) is 0 Å². The summed E-state index contributed by atoms with van der Waals surface area (Å²) in [7, 11) is 0. The van der Waals surface area contributed by atoms with Gasteiger partial charge in [-0.15, -0.1) is 0 Å². The predicted octanol–water partition coefficient (Wildman–Crippen LogP) is 4.50. The van der Waals surface area contributed by atoms with Crippen molar-refractivity contribution < 1.29 is 4.39 Å². The Bertz CT molecular complexity index is 453. The zero-order valence-electron chi connectivity index (χ0n) is 8.74. The van der Waals surface area contributed by atoms with Gasteiger partial charge in [-0.25, -0.2) is 4.39 Å². The molecule has 0 amide bonds. The van der Waals surface area contributed by atoms with Crippen molar-refractivity contribution in [2.75, 3.05) is 0 Å². The molecule has 0 heterocycles. The smallest absolute Gasteiger partial charge is 0.123 e. The minimum Gasteiger partial charge on any atom is -0.207 e. The molecule has 0 radical (unpaired) electrons. The molecule has 2 aromatic carbocycles. The van der Waals surface area contributed by atoms with Crippen LogP contribution in [0.2, 0.25) is 0 Å². The molecule has 1 unspecified atom stereocenters. The molecular weight excluding hydrogens is 267 g/mol. The van der Waals surface area contributed by atoms with Gasteiger partial charge in [0.05, 0.1) is 0 Å². The van der Waals surface area contributed by atoms with Crippen molar-refractivity contribution in [2.45, 2.75) is 11.2 Å². The van der Waals surface area contributed by atoms with E-state index in [1.165, 1.54) is 11.6 Å². The Kier molecular flexibility index (Phi) is 3.73. The first-order chi connectivity index (χ1) is 7.75. The summed E-state index contributed by atoms with van der Waals surface area (Å²) in [5.41, 5.74) is 2.22. The summed E-state index contributed by atoms with van der Waals surface area (Å²) >= 11 is 3.62. The quantitative estimate of drug-likeness (QED) is 0.725.